The minimum atomic E-state index is -0.624. The van der Waals surface area contributed by atoms with Crippen LogP contribution < -0.4 is 9.47 Å². The van der Waals surface area contributed by atoms with Crippen molar-refractivity contribution in [2.75, 3.05) is 20.8 Å². The average Bonchev–Trinajstić information content (AvgIpc) is 3.05. The van der Waals surface area contributed by atoms with E-state index in [4.69, 9.17) is 14.2 Å². The molecule has 0 aliphatic rings. The molecule has 0 radical (unpaired) electrons. The summed E-state index contributed by atoms with van der Waals surface area (Å²) < 4.78 is 17.4. The Balaban J connectivity index is 2.31. The maximum absolute atomic E-state index is 11.8. The van der Waals surface area contributed by atoms with Gasteiger partial charge in [-0.1, -0.05) is 0 Å². The van der Waals surface area contributed by atoms with Crippen LogP contribution in [0.1, 0.15) is 18.2 Å². The van der Waals surface area contributed by atoms with Gasteiger partial charge in [0, 0.05) is 24.5 Å². The molecule has 2 aromatic rings. The second-order valence-electron chi connectivity index (χ2n) is 5.17. The lowest BCUT2D eigenvalue weighted by molar-refractivity contribution is -0.137. The fourth-order valence-electron chi connectivity index (χ4n) is 2.35. The molecular formula is C19H20N2O4. The predicted molar refractivity (Wildman–Crippen MR) is 93.3 cm³/mol. The lowest BCUT2D eigenvalue weighted by Crippen LogP contribution is -2.07. The molecule has 0 amide bonds. The Labute approximate surface area is 146 Å². The highest BCUT2D eigenvalue weighted by Crippen LogP contribution is 2.23. The number of nitrogens with zero attached hydrogens (tertiary/aromatic N) is 2. The standard InChI is InChI=1S/C19H20N2O4/c1-4-25-19(22)15(12-20)10-16-6-5-7-21(16)13-14-8-17(23-2)11-18(9-14)24-3/h5-11H,4,13H2,1-3H3/b15-10+. The molecule has 0 fully saturated rings. The highest BCUT2D eigenvalue weighted by atomic mass is 16.5. The summed E-state index contributed by atoms with van der Waals surface area (Å²) >= 11 is 0. The fraction of sp³-hybridized carbons (Fsp3) is 0.263. The van der Waals surface area contributed by atoms with Gasteiger partial charge in [0.1, 0.15) is 23.1 Å². The van der Waals surface area contributed by atoms with Crippen molar-refractivity contribution in [2.45, 2.75) is 13.5 Å². The van der Waals surface area contributed by atoms with E-state index in [2.05, 4.69) is 0 Å². The van der Waals surface area contributed by atoms with Crippen LogP contribution in [0, 0.1) is 11.3 Å². The molecule has 6 nitrogen and oxygen atoms in total. The first-order chi connectivity index (χ1) is 12.1. The van der Waals surface area contributed by atoms with Gasteiger partial charge in [-0.05, 0) is 42.8 Å². The minimum absolute atomic E-state index is 0.0370. The Bertz CT molecular complexity index is 793. The number of methoxy groups -OCH3 is 2. The average molecular weight is 340 g/mol. The summed E-state index contributed by atoms with van der Waals surface area (Å²) in [6.45, 7) is 2.46. The van der Waals surface area contributed by atoms with E-state index in [1.54, 1.807) is 27.2 Å². The number of nitriles is 1. The monoisotopic (exact) mass is 340 g/mol. The van der Waals surface area contributed by atoms with Crippen molar-refractivity contribution in [3.05, 3.63) is 53.4 Å². The van der Waals surface area contributed by atoms with E-state index in [1.165, 1.54) is 6.08 Å². The zero-order valence-electron chi connectivity index (χ0n) is 14.5. The van der Waals surface area contributed by atoms with E-state index in [0.29, 0.717) is 18.0 Å². The van der Waals surface area contributed by atoms with Gasteiger partial charge in [-0.3, -0.25) is 0 Å². The molecule has 0 saturated carbocycles. The largest absolute Gasteiger partial charge is 0.497 e. The van der Waals surface area contributed by atoms with Crippen LogP contribution >= 0.6 is 0 Å². The number of aromatic nitrogens is 1. The third kappa shape index (κ3) is 4.64. The summed E-state index contributed by atoms with van der Waals surface area (Å²) in [5, 5.41) is 9.18. The third-order valence-corrected chi connectivity index (χ3v) is 3.54. The first kappa shape index (κ1) is 18.1. The lowest BCUT2D eigenvalue weighted by atomic mass is 10.2. The zero-order chi connectivity index (χ0) is 18.2. The van der Waals surface area contributed by atoms with Gasteiger partial charge < -0.3 is 18.8 Å². The van der Waals surface area contributed by atoms with Crippen LogP contribution in [0.5, 0.6) is 11.5 Å². The van der Waals surface area contributed by atoms with E-state index >= 15 is 0 Å². The van der Waals surface area contributed by atoms with Gasteiger partial charge in [-0.15, -0.1) is 0 Å². The molecule has 130 valence electrons. The molecule has 2 rings (SSSR count). The molecule has 0 saturated heterocycles. The molecule has 1 aromatic heterocycles. The third-order valence-electron chi connectivity index (χ3n) is 3.54. The quantitative estimate of drug-likeness (QED) is 0.440. The van der Waals surface area contributed by atoms with Crippen molar-refractivity contribution in [3.63, 3.8) is 0 Å². The molecular weight excluding hydrogens is 320 g/mol. The Morgan fingerprint density at radius 2 is 1.92 bits per heavy atom. The maximum atomic E-state index is 11.8. The molecule has 6 heteroatoms. The normalized spacial score (nSPS) is 10.9. The van der Waals surface area contributed by atoms with Gasteiger partial charge in [0.15, 0.2) is 0 Å². The Kier molecular flexibility index (Phi) is 6.24. The number of carbonyl (C=O) groups is 1. The summed E-state index contributed by atoms with van der Waals surface area (Å²) in [6, 6.07) is 11.2. The van der Waals surface area contributed by atoms with Crippen LogP contribution in [-0.4, -0.2) is 31.4 Å². The Morgan fingerprint density at radius 3 is 2.48 bits per heavy atom. The van der Waals surface area contributed by atoms with Crippen LogP contribution in [0.4, 0.5) is 0 Å². The summed E-state index contributed by atoms with van der Waals surface area (Å²) in [5.41, 5.74) is 1.66. The number of hydrogen-bond donors (Lipinski definition) is 0. The molecule has 0 N–H and O–H groups in total. The van der Waals surface area contributed by atoms with Gasteiger partial charge in [-0.2, -0.15) is 5.26 Å². The number of esters is 1. The van der Waals surface area contributed by atoms with Gasteiger partial charge >= 0.3 is 5.97 Å². The summed E-state index contributed by atoms with van der Waals surface area (Å²) in [4.78, 5) is 11.8. The number of hydrogen-bond acceptors (Lipinski definition) is 5. The number of carbonyl (C=O) groups excluding carboxylic acids is 1. The molecule has 1 heterocycles. The van der Waals surface area contributed by atoms with Gasteiger partial charge in [0.25, 0.3) is 0 Å². The topological polar surface area (TPSA) is 73.5 Å². The maximum Gasteiger partial charge on any atom is 0.348 e. The van der Waals surface area contributed by atoms with Gasteiger partial charge in [0.05, 0.1) is 20.8 Å². The number of rotatable bonds is 7. The Hall–Kier alpha value is -3.20. The van der Waals surface area contributed by atoms with Crippen molar-refractivity contribution < 1.29 is 19.0 Å². The number of benzene rings is 1. The van der Waals surface area contributed by atoms with E-state index in [-0.39, 0.29) is 12.2 Å². The molecule has 1 aromatic carbocycles. The summed E-state index contributed by atoms with van der Waals surface area (Å²) in [7, 11) is 3.20. The summed E-state index contributed by atoms with van der Waals surface area (Å²) in [5.74, 6) is 0.770. The first-order valence-electron chi connectivity index (χ1n) is 7.77. The van der Waals surface area contributed by atoms with Crippen molar-refractivity contribution in [1.29, 1.82) is 5.26 Å². The van der Waals surface area contributed by atoms with Crippen LogP contribution in [0.25, 0.3) is 6.08 Å². The van der Waals surface area contributed by atoms with Crippen LogP contribution in [-0.2, 0) is 16.1 Å². The molecule has 0 aliphatic heterocycles. The lowest BCUT2D eigenvalue weighted by Gasteiger charge is -2.11. The highest BCUT2D eigenvalue weighted by Gasteiger charge is 2.11. The predicted octanol–water partition coefficient (Wildman–Crippen LogP) is 3.02. The van der Waals surface area contributed by atoms with Crippen molar-refractivity contribution in [3.8, 4) is 17.6 Å². The van der Waals surface area contributed by atoms with Crippen molar-refractivity contribution >= 4 is 12.0 Å². The van der Waals surface area contributed by atoms with Crippen LogP contribution in [0.2, 0.25) is 0 Å². The second-order valence-corrected chi connectivity index (χ2v) is 5.17. The van der Waals surface area contributed by atoms with Crippen molar-refractivity contribution in [1.82, 2.24) is 4.57 Å². The molecule has 0 spiro atoms. The van der Waals surface area contributed by atoms with Gasteiger partial charge in [0.2, 0.25) is 0 Å². The SMILES string of the molecule is CCOC(=O)/C(C#N)=C/c1cccn1Cc1cc(OC)cc(OC)c1. The van der Waals surface area contributed by atoms with Gasteiger partial charge in [-0.25, -0.2) is 4.79 Å². The molecule has 0 atom stereocenters. The molecule has 0 unspecified atom stereocenters. The minimum Gasteiger partial charge on any atom is -0.497 e. The fourth-order valence-corrected chi connectivity index (χ4v) is 2.35. The number of ether oxygens (including phenoxy) is 3. The van der Waals surface area contributed by atoms with Crippen molar-refractivity contribution in [2.24, 2.45) is 0 Å². The molecule has 0 aliphatic carbocycles. The molecule has 25 heavy (non-hydrogen) atoms. The van der Waals surface area contributed by atoms with E-state index in [0.717, 1.165) is 11.3 Å². The van der Waals surface area contributed by atoms with E-state index < -0.39 is 5.97 Å². The smallest absolute Gasteiger partial charge is 0.348 e. The van der Waals surface area contributed by atoms with E-state index in [1.807, 2.05) is 41.1 Å². The van der Waals surface area contributed by atoms with Crippen LogP contribution in [0.15, 0.2) is 42.1 Å². The van der Waals surface area contributed by atoms with E-state index in [9.17, 15) is 10.1 Å². The first-order valence-corrected chi connectivity index (χ1v) is 7.77. The Morgan fingerprint density at radius 1 is 1.24 bits per heavy atom. The second kappa shape index (κ2) is 8.60. The highest BCUT2D eigenvalue weighted by molar-refractivity contribution is 5.97. The summed E-state index contributed by atoms with van der Waals surface area (Å²) in [6.07, 6.45) is 3.40. The zero-order valence-corrected chi connectivity index (χ0v) is 14.5. The molecule has 0 bridgehead atoms. The van der Waals surface area contributed by atoms with Crippen LogP contribution in [0.3, 0.4) is 0 Å².